The zero-order valence-corrected chi connectivity index (χ0v) is 13.4. The number of nitrogens with one attached hydrogen (secondary N) is 2. The summed E-state index contributed by atoms with van der Waals surface area (Å²) >= 11 is 0. The summed E-state index contributed by atoms with van der Waals surface area (Å²) < 4.78 is 38.8. The van der Waals surface area contributed by atoms with Crippen LogP contribution in [0.4, 0.5) is 13.2 Å². The van der Waals surface area contributed by atoms with Gasteiger partial charge in [-0.1, -0.05) is 18.2 Å². The van der Waals surface area contributed by atoms with Gasteiger partial charge < -0.3 is 10.6 Å². The SMILES string of the molecule is O=C(NCc1ccncc1)C1CNCC1c1cccc(C(F)(F)F)c1. The normalized spacial score (nSPS) is 20.4. The number of nitrogens with zero attached hydrogens (tertiary/aromatic N) is 1. The molecule has 7 heteroatoms. The number of hydrogen-bond acceptors (Lipinski definition) is 3. The molecule has 1 aliphatic heterocycles. The van der Waals surface area contributed by atoms with E-state index < -0.39 is 17.7 Å². The van der Waals surface area contributed by atoms with Gasteiger partial charge in [-0.2, -0.15) is 13.2 Å². The molecule has 1 aromatic heterocycles. The number of carbonyl (C=O) groups is 1. The maximum absolute atomic E-state index is 12.9. The third kappa shape index (κ3) is 4.17. The van der Waals surface area contributed by atoms with Gasteiger partial charge in [-0.25, -0.2) is 0 Å². The van der Waals surface area contributed by atoms with Gasteiger partial charge in [0.15, 0.2) is 0 Å². The van der Waals surface area contributed by atoms with Gasteiger partial charge in [0.05, 0.1) is 11.5 Å². The molecule has 0 spiro atoms. The van der Waals surface area contributed by atoms with Crippen molar-refractivity contribution in [2.24, 2.45) is 5.92 Å². The van der Waals surface area contributed by atoms with E-state index in [1.807, 2.05) is 0 Å². The van der Waals surface area contributed by atoms with Gasteiger partial charge in [-0.3, -0.25) is 9.78 Å². The third-order valence-corrected chi connectivity index (χ3v) is 4.41. The van der Waals surface area contributed by atoms with Crippen molar-refractivity contribution in [3.63, 3.8) is 0 Å². The Morgan fingerprint density at radius 1 is 1.20 bits per heavy atom. The summed E-state index contributed by atoms with van der Waals surface area (Å²) in [4.78, 5) is 16.4. The Labute approximate surface area is 143 Å². The van der Waals surface area contributed by atoms with Crippen LogP contribution in [0, 0.1) is 5.92 Å². The van der Waals surface area contributed by atoms with E-state index in [-0.39, 0.29) is 11.8 Å². The smallest absolute Gasteiger partial charge is 0.352 e. The molecule has 3 rings (SSSR count). The van der Waals surface area contributed by atoms with E-state index in [1.165, 1.54) is 6.07 Å². The Balaban J connectivity index is 1.71. The second-order valence-corrected chi connectivity index (χ2v) is 6.07. The fourth-order valence-corrected chi connectivity index (χ4v) is 3.07. The first-order valence-electron chi connectivity index (χ1n) is 7.99. The number of pyridine rings is 1. The molecule has 2 unspecified atom stereocenters. The van der Waals surface area contributed by atoms with Gasteiger partial charge in [-0.05, 0) is 29.3 Å². The fourth-order valence-electron chi connectivity index (χ4n) is 3.07. The first-order valence-corrected chi connectivity index (χ1v) is 7.99. The summed E-state index contributed by atoms with van der Waals surface area (Å²) in [5.74, 6) is -0.839. The minimum atomic E-state index is -4.39. The second-order valence-electron chi connectivity index (χ2n) is 6.07. The van der Waals surface area contributed by atoms with Gasteiger partial charge in [0.1, 0.15) is 0 Å². The fraction of sp³-hybridized carbons (Fsp3) is 0.333. The van der Waals surface area contributed by atoms with Crippen LogP contribution in [0.5, 0.6) is 0 Å². The molecule has 25 heavy (non-hydrogen) atoms. The molecule has 0 bridgehead atoms. The van der Waals surface area contributed by atoms with Crippen molar-refractivity contribution in [1.82, 2.24) is 15.6 Å². The van der Waals surface area contributed by atoms with E-state index in [2.05, 4.69) is 15.6 Å². The number of alkyl halides is 3. The maximum atomic E-state index is 12.9. The van der Waals surface area contributed by atoms with Crippen molar-refractivity contribution < 1.29 is 18.0 Å². The summed E-state index contributed by atoms with van der Waals surface area (Å²) in [7, 11) is 0. The lowest BCUT2D eigenvalue weighted by Gasteiger charge is -2.19. The van der Waals surface area contributed by atoms with E-state index in [0.717, 1.165) is 17.7 Å². The van der Waals surface area contributed by atoms with Crippen LogP contribution in [-0.2, 0) is 17.5 Å². The molecule has 132 valence electrons. The predicted octanol–water partition coefficient (Wildman–Crippen LogP) is 2.72. The van der Waals surface area contributed by atoms with E-state index in [4.69, 9.17) is 0 Å². The first kappa shape index (κ1) is 17.4. The van der Waals surface area contributed by atoms with Gasteiger partial charge in [0.2, 0.25) is 5.91 Å². The largest absolute Gasteiger partial charge is 0.416 e. The van der Waals surface area contributed by atoms with Crippen LogP contribution < -0.4 is 10.6 Å². The number of carbonyl (C=O) groups excluding carboxylic acids is 1. The summed E-state index contributed by atoms with van der Waals surface area (Å²) in [5.41, 5.74) is 0.765. The van der Waals surface area contributed by atoms with Crippen molar-refractivity contribution in [2.75, 3.05) is 13.1 Å². The van der Waals surface area contributed by atoms with Crippen molar-refractivity contribution in [3.05, 3.63) is 65.5 Å². The number of amides is 1. The molecule has 2 aromatic rings. The minimum Gasteiger partial charge on any atom is -0.352 e. The van der Waals surface area contributed by atoms with Gasteiger partial charge >= 0.3 is 6.18 Å². The molecule has 1 aliphatic rings. The third-order valence-electron chi connectivity index (χ3n) is 4.41. The van der Waals surface area contributed by atoms with E-state index in [0.29, 0.717) is 25.2 Å². The highest BCUT2D eigenvalue weighted by Crippen LogP contribution is 2.34. The Morgan fingerprint density at radius 2 is 1.96 bits per heavy atom. The van der Waals surface area contributed by atoms with Crippen LogP contribution in [0.1, 0.15) is 22.6 Å². The molecule has 2 heterocycles. The van der Waals surface area contributed by atoms with Crippen LogP contribution in [0.25, 0.3) is 0 Å². The topological polar surface area (TPSA) is 54.0 Å². The second kappa shape index (κ2) is 7.23. The molecule has 0 radical (unpaired) electrons. The highest BCUT2D eigenvalue weighted by molar-refractivity contribution is 5.80. The average Bonchev–Trinajstić information content (AvgIpc) is 3.10. The number of aromatic nitrogens is 1. The molecule has 1 fully saturated rings. The van der Waals surface area contributed by atoms with Gasteiger partial charge in [-0.15, -0.1) is 0 Å². The zero-order valence-electron chi connectivity index (χ0n) is 13.4. The van der Waals surface area contributed by atoms with Crippen molar-refractivity contribution >= 4 is 5.91 Å². The molecular weight excluding hydrogens is 331 g/mol. The van der Waals surface area contributed by atoms with Crippen LogP contribution in [0.3, 0.4) is 0 Å². The maximum Gasteiger partial charge on any atom is 0.416 e. The van der Waals surface area contributed by atoms with E-state index in [1.54, 1.807) is 30.6 Å². The Morgan fingerprint density at radius 3 is 2.68 bits per heavy atom. The number of hydrogen-bond donors (Lipinski definition) is 2. The molecular formula is C18H18F3N3O. The van der Waals surface area contributed by atoms with Gasteiger partial charge in [0, 0.05) is 37.9 Å². The summed E-state index contributed by atoms with van der Waals surface area (Å²) in [6.07, 6.45) is -1.10. The highest BCUT2D eigenvalue weighted by atomic mass is 19.4. The highest BCUT2D eigenvalue weighted by Gasteiger charge is 2.36. The Bertz CT molecular complexity index is 734. The number of halogens is 3. The van der Waals surface area contributed by atoms with Gasteiger partial charge in [0.25, 0.3) is 0 Å². The lowest BCUT2D eigenvalue weighted by Crippen LogP contribution is -2.34. The lowest BCUT2D eigenvalue weighted by atomic mass is 9.87. The predicted molar refractivity (Wildman–Crippen MR) is 86.6 cm³/mol. The van der Waals surface area contributed by atoms with E-state index in [9.17, 15) is 18.0 Å². The van der Waals surface area contributed by atoms with Crippen LogP contribution in [-0.4, -0.2) is 24.0 Å². The average molecular weight is 349 g/mol. The van der Waals surface area contributed by atoms with Crippen LogP contribution >= 0.6 is 0 Å². The monoisotopic (exact) mass is 349 g/mol. The molecule has 1 aromatic carbocycles. The molecule has 2 atom stereocenters. The summed E-state index contributed by atoms with van der Waals surface area (Å²) in [6, 6.07) is 8.83. The molecule has 4 nitrogen and oxygen atoms in total. The summed E-state index contributed by atoms with van der Waals surface area (Å²) in [6.45, 7) is 1.30. The summed E-state index contributed by atoms with van der Waals surface area (Å²) in [5, 5.41) is 5.96. The van der Waals surface area contributed by atoms with Crippen molar-refractivity contribution in [2.45, 2.75) is 18.6 Å². The van der Waals surface area contributed by atoms with Crippen LogP contribution in [0.2, 0.25) is 0 Å². The molecule has 2 N–H and O–H groups in total. The van der Waals surface area contributed by atoms with Crippen LogP contribution in [0.15, 0.2) is 48.8 Å². The Kier molecular flexibility index (Phi) is 5.03. The van der Waals surface area contributed by atoms with Crippen molar-refractivity contribution in [1.29, 1.82) is 0 Å². The minimum absolute atomic E-state index is 0.163. The number of benzene rings is 1. The standard InChI is InChI=1S/C18H18F3N3O/c19-18(20,21)14-3-1-2-13(8-14)15-10-23-11-16(15)17(25)24-9-12-4-6-22-7-5-12/h1-8,15-16,23H,9-11H2,(H,24,25). The number of rotatable bonds is 4. The first-order chi connectivity index (χ1) is 11.9. The quantitative estimate of drug-likeness (QED) is 0.892. The lowest BCUT2D eigenvalue weighted by molar-refractivity contribution is -0.137. The molecule has 1 amide bonds. The molecule has 0 saturated carbocycles. The Hall–Kier alpha value is -2.41. The zero-order chi connectivity index (χ0) is 17.9. The molecule has 1 saturated heterocycles. The van der Waals surface area contributed by atoms with Crippen molar-refractivity contribution in [3.8, 4) is 0 Å². The molecule has 0 aliphatic carbocycles. The van der Waals surface area contributed by atoms with E-state index >= 15 is 0 Å².